The maximum Gasteiger partial charge on any atom is 0.323 e. The molecular formula is C15H12ClN3O2. The molecule has 5 nitrogen and oxygen atoms in total. The van der Waals surface area contributed by atoms with Crippen molar-refractivity contribution in [3.05, 3.63) is 63.0 Å². The molecule has 0 saturated heterocycles. The Kier molecular flexibility index (Phi) is 3.27. The zero-order valence-electron chi connectivity index (χ0n) is 11.2. The van der Waals surface area contributed by atoms with E-state index in [0.29, 0.717) is 27.3 Å². The summed E-state index contributed by atoms with van der Waals surface area (Å²) in [6.07, 6.45) is 0. The number of aromatic nitrogens is 2. The van der Waals surface area contributed by atoms with E-state index in [1.54, 1.807) is 36.4 Å². The first-order chi connectivity index (χ1) is 10.0. The molecule has 0 aliphatic rings. The summed E-state index contributed by atoms with van der Waals surface area (Å²) in [5, 5.41) is 3.20. The fourth-order valence-corrected chi connectivity index (χ4v) is 2.38. The molecule has 0 saturated carbocycles. The highest BCUT2D eigenvalue weighted by atomic mass is 35.5. The normalized spacial score (nSPS) is 10.8. The van der Waals surface area contributed by atoms with Crippen molar-refractivity contribution in [2.24, 2.45) is 0 Å². The van der Waals surface area contributed by atoms with Crippen molar-refractivity contribution in [2.75, 3.05) is 5.32 Å². The van der Waals surface area contributed by atoms with Gasteiger partial charge in [0.1, 0.15) is 0 Å². The number of halogens is 1. The molecule has 6 heteroatoms. The second kappa shape index (κ2) is 5.10. The first-order valence-corrected chi connectivity index (χ1v) is 6.71. The number of nitrogens with one attached hydrogen (secondary N) is 3. The topological polar surface area (TPSA) is 77.8 Å². The van der Waals surface area contributed by atoms with Gasteiger partial charge in [0.2, 0.25) is 0 Å². The van der Waals surface area contributed by atoms with Crippen LogP contribution in [0, 0.1) is 6.92 Å². The predicted molar refractivity (Wildman–Crippen MR) is 83.1 cm³/mol. The van der Waals surface area contributed by atoms with Gasteiger partial charge in [-0.1, -0.05) is 23.7 Å². The van der Waals surface area contributed by atoms with E-state index >= 15 is 0 Å². The molecule has 3 aromatic rings. The van der Waals surface area contributed by atoms with Gasteiger partial charge in [0, 0.05) is 5.69 Å². The predicted octanol–water partition coefficient (Wildman–Crippen LogP) is 3.07. The molecule has 3 N–H and O–H groups in total. The quantitative estimate of drug-likeness (QED) is 0.680. The summed E-state index contributed by atoms with van der Waals surface area (Å²) in [7, 11) is 0. The van der Waals surface area contributed by atoms with E-state index < -0.39 is 0 Å². The van der Waals surface area contributed by atoms with Gasteiger partial charge in [-0.15, -0.1) is 0 Å². The molecule has 21 heavy (non-hydrogen) atoms. The number of rotatable bonds is 2. The van der Waals surface area contributed by atoms with Crippen LogP contribution in [0.1, 0.15) is 15.9 Å². The summed E-state index contributed by atoms with van der Waals surface area (Å²) >= 11 is 6.01. The van der Waals surface area contributed by atoms with Crippen LogP contribution in [-0.2, 0) is 0 Å². The van der Waals surface area contributed by atoms with E-state index in [4.69, 9.17) is 11.6 Å². The Hall–Kier alpha value is -2.53. The lowest BCUT2D eigenvalue weighted by molar-refractivity contribution is 0.102. The Morgan fingerprint density at radius 2 is 1.81 bits per heavy atom. The highest BCUT2D eigenvalue weighted by Crippen LogP contribution is 2.22. The molecule has 0 aliphatic heterocycles. The van der Waals surface area contributed by atoms with Gasteiger partial charge in [0.15, 0.2) is 0 Å². The number of carbonyl (C=O) groups is 1. The second-order valence-electron chi connectivity index (χ2n) is 4.73. The molecule has 0 unspecified atom stereocenters. The number of aromatic amines is 2. The molecule has 1 heterocycles. The number of imidazole rings is 1. The molecule has 0 aliphatic carbocycles. The number of benzene rings is 2. The Bertz CT molecular complexity index is 895. The molecule has 106 valence electrons. The third-order valence-electron chi connectivity index (χ3n) is 3.23. The van der Waals surface area contributed by atoms with Gasteiger partial charge in [0.05, 0.1) is 21.6 Å². The average molecular weight is 302 g/mol. The number of fused-ring (bicyclic) bond motifs is 1. The lowest BCUT2D eigenvalue weighted by Crippen LogP contribution is -2.13. The Balaban J connectivity index is 1.98. The molecule has 0 bridgehead atoms. The number of hydrogen-bond donors (Lipinski definition) is 3. The van der Waals surface area contributed by atoms with Crippen LogP contribution < -0.4 is 11.0 Å². The average Bonchev–Trinajstić information content (AvgIpc) is 2.78. The molecule has 0 radical (unpaired) electrons. The van der Waals surface area contributed by atoms with Crippen LogP contribution in [0.5, 0.6) is 0 Å². The van der Waals surface area contributed by atoms with E-state index in [0.717, 1.165) is 5.56 Å². The van der Waals surface area contributed by atoms with Crippen molar-refractivity contribution in [1.82, 2.24) is 9.97 Å². The largest absolute Gasteiger partial charge is 0.323 e. The van der Waals surface area contributed by atoms with Crippen LogP contribution in [0.15, 0.2) is 41.2 Å². The van der Waals surface area contributed by atoms with Crippen LogP contribution in [0.2, 0.25) is 5.02 Å². The number of carbonyl (C=O) groups excluding carboxylic acids is 1. The monoisotopic (exact) mass is 301 g/mol. The van der Waals surface area contributed by atoms with Crippen LogP contribution in [-0.4, -0.2) is 15.9 Å². The van der Waals surface area contributed by atoms with E-state index in [2.05, 4.69) is 15.3 Å². The summed E-state index contributed by atoms with van der Waals surface area (Å²) in [4.78, 5) is 28.9. The zero-order valence-corrected chi connectivity index (χ0v) is 11.9. The van der Waals surface area contributed by atoms with Gasteiger partial charge < -0.3 is 15.3 Å². The number of hydrogen-bond acceptors (Lipinski definition) is 2. The molecular weight excluding hydrogens is 290 g/mol. The van der Waals surface area contributed by atoms with Gasteiger partial charge in [-0.25, -0.2) is 4.79 Å². The van der Waals surface area contributed by atoms with Crippen molar-refractivity contribution < 1.29 is 4.79 Å². The molecule has 0 spiro atoms. The van der Waals surface area contributed by atoms with Crippen LogP contribution in [0.3, 0.4) is 0 Å². The maximum absolute atomic E-state index is 12.3. The zero-order chi connectivity index (χ0) is 15.0. The Morgan fingerprint density at radius 3 is 2.52 bits per heavy atom. The Morgan fingerprint density at radius 1 is 1.14 bits per heavy atom. The maximum atomic E-state index is 12.3. The minimum atomic E-state index is -0.291. The summed E-state index contributed by atoms with van der Waals surface area (Å²) < 4.78 is 0. The molecule has 1 aromatic heterocycles. The smallest absolute Gasteiger partial charge is 0.322 e. The highest BCUT2D eigenvalue weighted by molar-refractivity contribution is 6.34. The fourth-order valence-electron chi connectivity index (χ4n) is 2.16. The number of amides is 1. The van der Waals surface area contributed by atoms with Crippen molar-refractivity contribution in [1.29, 1.82) is 0 Å². The summed E-state index contributed by atoms with van der Waals surface area (Å²) in [5.41, 5.74) is 2.94. The van der Waals surface area contributed by atoms with Crippen molar-refractivity contribution in [3.63, 3.8) is 0 Å². The highest BCUT2D eigenvalue weighted by Gasteiger charge is 2.12. The third kappa shape index (κ3) is 2.55. The molecule has 2 aromatic carbocycles. The first-order valence-electron chi connectivity index (χ1n) is 6.33. The van der Waals surface area contributed by atoms with Crippen LogP contribution >= 0.6 is 11.6 Å². The summed E-state index contributed by atoms with van der Waals surface area (Å²) in [6.45, 7) is 1.85. The van der Waals surface area contributed by atoms with Crippen LogP contribution in [0.4, 0.5) is 5.69 Å². The van der Waals surface area contributed by atoms with Crippen molar-refractivity contribution in [3.8, 4) is 0 Å². The second-order valence-corrected chi connectivity index (χ2v) is 5.13. The SMILES string of the molecule is Cc1cc2[nH]c(=O)[nH]c2cc1NC(=O)c1ccccc1Cl. The van der Waals surface area contributed by atoms with Gasteiger partial charge in [-0.2, -0.15) is 0 Å². The van der Waals surface area contributed by atoms with Gasteiger partial charge in [0.25, 0.3) is 5.91 Å². The van der Waals surface area contributed by atoms with Gasteiger partial charge in [-0.3, -0.25) is 4.79 Å². The first kappa shape index (κ1) is 13.5. The van der Waals surface area contributed by atoms with Gasteiger partial charge in [-0.05, 0) is 36.8 Å². The van der Waals surface area contributed by atoms with Crippen molar-refractivity contribution in [2.45, 2.75) is 6.92 Å². The van der Waals surface area contributed by atoms with Crippen LogP contribution in [0.25, 0.3) is 11.0 Å². The lowest BCUT2D eigenvalue weighted by Gasteiger charge is -2.09. The van der Waals surface area contributed by atoms with E-state index in [9.17, 15) is 9.59 Å². The summed E-state index contributed by atoms with van der Waals surface area (Å²) in [5.74, 6) is -0.291. The third-order valence-corrected chi connectivity index (χ3v) is 3.56. The van der Waals surface area contributed by atoms with Crippen molar-refractivity contribution >= 4 is 34.2 Å². The number of anilines is 1. The molecule has 0 fully saturated rings. The van der Waals surface area contributed by atoms with E-state index in [-0.39, 0.29) is 11.6 Å². The molecule has 1 amide bonds. The summed E-state index contributed by atoms with van der Waals surface area (Å²) in [6, 6.07) is 10.4. The molecule has 0 atom stereocenters. The number of aryl methyl sites for hydroxylation is 1. The molecule has 3 rings (SSSR count). The standard InChI is InChI=1S/C15H12ClN3O2/c1-8-6-12-13(19-15(21)18-12)7-11(8)17-14(20)9-4-2-3-5-10(9)16/h2-7H,1H3,(H,17,20)(H2,18,19,21). The fraction of sp³-hybridized carbons (Fsp3) is 0.0667. The minimum absolute atomic E-state index is 0.279. The Labute approximate surface area is 125 Å². The minimum Gasteiger partial charge on any atom is -0.322 e. The van der Waals surface area contributed by atoms with E-state index in [1.165, 1.54) is 0 Å². The number of H-pyrrole nitrogens is 2. The van der Waals surface area contributed by atoms with Gasteiger partial charge >= 0.3 is 5.69 Å². The van der Waals surface area contributed by atoms with E-state index in [1.807, 2.05) is 6.92 Å². The lowest BCUT2D eigenvalue weighted by atomic mass is 10.1.